The summed E-state index contributed by atoms with van der Waals surface area (Å²) in [6.07, 6.45) is 0.750. The van der Waals surface area contributed by atoms with E-state index in [0.717, 1.165) is 17.5 Å². The van der Waals surface area contributed by atoms with E-state index in [2.05, 4.69) is 55.2 Å². The summed E-state index contributed by atoms with van der Waals surface area (Å²) >= 11 is 0. The van der Waals surface area contributed by atoms with Crippen molar-refractivity contribution >= 4 is 5.91 Å². The number of aromatic nitrogens is 2. The highest BCUT2D eigenvalue weighted by Crippen LogP contribution is 2.44. The van der Waals surface area contributed by atoms with Gasteiger partial charge in [0.1, 0.15) is 17.1 Å². The van der Waals surface area contributed by atoms with Crippen LogP contribution in [0.5, 0.6) is 5.75 Å². The van der Waals surface area contributed by atoms with E-state index in [4.69, 9.17) is 4.74 Å². The number of nitrogens with one attached hydrogen (secondary N) is 1. The highest BCUT2D eigenvalue weighted by atomic mass is 16.5. The fraction of sp³-hybridized carbons (Fsp3) is 0.385. The topological polar surface area (TPSA) is 78.5 Å². The number of fused-ring (bicyclic) bond motifs is 1. The quantitative estimate of drug-likeness (QED) is 0.511. The zero-order valence-electron chi connectivity index (χ0n) is 19.2. The van der Waals surface area contributed by atoms with Gasteiger partial charge in [0.15, 0.2) is 0 Å². The fourth-order valence-corrected chi connectivity index (χ4v) is 4.30. The Morgan fingerprint density at radius 3 is 2.50 bits per heavy atom. The van der Waals surface area contributed by atoms with Gasteiger partial charge in [-0.3, -0.25) is 9.89 Å². The molecule has 6 heteroatoms. The molecule has 3 aromatic rings. The minimum Gasteiger partial charge on any atom is -0.507 e. The summed E-state index contributed by atoms with van der Waals surface area (Å²) in [5.41, 5.74) is 4.85. The van der Waals surface area contributed by atoms with Crippen LogP contribution in [0.15, 0.2) is 48.5 Å². The zero-order chi connectivity index (χ0) is 22.9. The molecule has 4 rings (SSSR count). The minimum absolute atomic E-state index is 0.0446. The molecule has 0 aliphatic carbocycles. The first-order valence-corrected chi connectivity index (χ1v) is 11.2. The second kappa shape index (κ2) is 8.79. The number of carbonyl (C=O) groups excluding carboxylic acids is 1. The third-order valence-corrected chi connectivity index (χ3v) is 6.01. The van der Waals surface area contributed by atoms with Gasteiger partial charge in [-0.15, -0.1) is 0 Å². The summed E-state index contributed by atoms with van der Waals surface area (Å²) in [4.78, 5) is 15.2. The Morgan fingerprint density at radius 1 is 1.12 bits per heavy atom. The molecule has 32 heavy (non-hydrogen) atoms. The van der Waals surface area contributed by atoms with Crippen molar-refractivity contribution in [1.82, 2.24) is 15.1 Å². The van der Waals surface area contributed by atoms with Gasteiger partial charge in [0.05, 0.1) is 6.04 Å². The van der Waals surface area contributed by atoms with Crippen LogP contribution in [0.3, 0.4) is 0 Å². The highest BCUT2D eigenvalue weighted by molar-refractivity contribution is 6.00. The molecule has 0 radical (unpaired) electrons. The molecule has 2 heterocycles. The van der Waals surface area contributed by atoms with E-state index < -0.39 is 0 Å². The molecule has 0 bridgehead atoms. The summed E-state index contributed by atoms with van der Waals surface area (Å²) in [6, 6.07) is 15.3. The number of hydrogen-bond donors (Lipinski definition) is 2. The maximum Gasteiger partial charge on any atom is 0.273 e. The Labute approximate surface area is 189 Å². The molecule has 0 saturated heterocycles. The molecule has 1 amide bonds. The van der Waals surface area contributed by atoms with Crippen LogP contribution in [-0.2, 0) is 10.2 Å². The van der Waals surface area contributed by atoms with Gasteiger partial charge in [0.25, 0.3) is 5.91 Å². The molecule has 6 nitrogen and oxygen atoms in total. The third kappa shape index (κ3) is 4.02. The Hall–Kier alpha value is -3.12. The Bertz CT molecular complexity index is 1100. The number of aromatic hydroxyl groups is 1. The molecule has 2 aromatic carbocycles. The van der Waals surface area contributed by atoms with Crippen molar-refractivity contribution in [3.63, 3.8) is 0 Å². The van der Waals surface area contributed by atoms with Crippen LogP contribution >= 0.6 is 0 Å². The van der Waals surface area contributed by atoms with Gasteiger partial charge in [-0.05, 0) is 42.0 Å². The molecule has 1 aliphatic heterocycles. The van der Waals surface area contributed by atoms with Gasteiger partial charge in [-0.1, -0.05) is 57.2 Å². The van der Waals surface area contributed by atoms with Crippen molar-refractivity contribution in [3.05, 3.63) is 70.9 Å². The normalized spacial score (nSPS) is 15.9. The number of phenolic OH excluding ortho intramolecular Hbond substituents is 1. The third-order valence-electron chi connectivity index (χ3n) is 6.01. The number of nitrogens with zero attached hydrogens (tertiary/aromatic N) is 2. The number of para-hydroxylation sites is 1. The number of rotatable bonds is 7. The van der Waals surface area contributed by atoms with Gasteiger partial charge in [-0.25, -0.2) is 0 Å². The Morgan fingerprint density at radius 2 is 1.84 bits per heavy atom. The molecular weight excluding hydrogens is 402 g/mol. The Kier molecular flexibility index (Phi) is 6.07. The van der Waals surface area contributed by atoms with Gasteiger partial charge in [0.2, 0.25) is 0 Å². The van der Waals surface area contributed by atoms with E-state index in [0.29, 0.717) is 36.7 Å². The van der Waals surface area contributed by atoms with Crippen molar-refractivity contribution in [2.75, 3.05) is 19.8 Å². The number of carbonyl (C=O) groups is 1. The van der Waals surface area contributed by atoms with E-state index in [1.807, 2.05) is 24.0 Å². The first-order chi connectivity index (χ1) is 15.3. The van der Waals surface area contributed by atoms with Crippen molar-refractivity contribution in [2.45, 2.75) is 45.6 Å². The largest absolute Gasteiger partial charge is 0.507 e. The predicted molar refractivity (Wildman–Crippen MR) is 125 cm³/mol. The molecule has 0 saturated carbocycles. The van der Waals surface area contributed by atoms with Crippen LogP contribution in [0.1, 0.15) is 67.3 Å². The van der Waals surface area contributed by atoms with E-state index in [1.165, 1.54) is 5.56 Å². The molecule has 1 atom stereocenters. The number of aromatic amines is 1. The number of benzene rings is 2. The van der Waals surface area contributed by atoms with Crippen LogP contribution in [0.4, 0.5) is 0 Å². The van der Waals surface area contributed by atoms with Crippen LogP contribution < -0.4 is 0 Å². The smallest absolute Gasteiger partial charge is 0.273 e. The number of ether oxygens (including phenoxy) is 1. The van der Waals surface area contributed by atoms with Gasteiger partial charge < -0.3 is 14.7 Å². The molecule has 168 valence electrons. The summed E-state index contributed by atoms with van der Waals surface area (Å²) in [5.74, 6) is 0.0708. The first kappa shape index (κ1) is 22.1. The predicted octanol–water partition coefficient (Wildman–Crippen LogP) is 5.05. The van der Waals surface area contributed by atoms with Crippen molar-refractivity contribution in [2.24, 2.45) is 0 Å². The highest BCUT2D eigenvalue weighted by Gasteiger charge is 2.42. The van der Waals surface area contributed by atoms with Gasteiger partial charge >= 0.3 is 0 Å². The number of amides is 1. The minimum atomic E-state index is -0.276. The lowest BCUT2D eigenvalue weighted by atomic mass is 9.85. The number of phenols is 1. The molecule has 1 aliphatic rings. The van der Waals surface area contributed by atoms with Gasteiger partial charge in [0, 0.05) is 30.9 Å². The second-order valence-electron chi connectivity index (χ2n) is 9.20. The molecule has 1 unspecified atom stereocenters. The van der Waals surface area contributed by atoms with Crippen LogP contribution in [-0.4, -0.2) is 45.9 Å². The van der Waals surface area contributed by atoms with Gasteiger partial charge in [-0.2, -0.15) is 5.10 Å². The van der Waals surface area contributed by atoms with Crippen LogP contribution in [0.2, 0.25) is 0 Å². The Balaban J connectivity index is 1.78. The number of hydrogen-bond acceptors (Lipinski definition) is 4. The maximum absolute atomic E-state index is 13.4. The van der Waals surface area contributed by atoms with E-state index in [1.54, 1.807) is 12.1 Å². The first-order valence-electron chi connectivity index (χ1n) is 11.2. The maximum atomic E-state index is 13.4. The van der Waals surface area contributed by atoms with Crippen molar-refractivity contribution in [3.8, 4) is 17.0 Å². The summed E-state index contributed by atoms with van der Waals surface area (Å²) in [7, 11) is 0. The second-order valence-corrected chi connectivity index (χ2v) is 9.20. The average Bonchev–Trinajstić information content (AvgIpc) is 3.30. The molecule has 1 aromatic heterocycles. The van der Waals surface area contributed by atoms with Crippen LogP contribution in [0.25, 0.3) is 11.3 Å². The molecular formula is C26H31N3O3. The van der Waals surface area contributed by atoms with Crippen LogP contribution in [0, 0.1) is 0 Å². The monoisotopic (exact) mass is 433 g/mol. The standard InChI is InChI=1S/C26H31N3O3/c1-5-32-16-8-15-29-24(17-11-13-18(14-12-17)26(2,3)4)21-22(27-28-23(21)25(29)31)19-9-6-7-10-20(19)30/h6-7,9-14,24,30H,5,8,15-16H2,1-4H3,(H,27,28). The summed E-state index contributed by atoms with van der Waals surface area (Å²) in [6.45, 7) is 10.4. The molecule has 0 fully saturated rings. The van der Waals surface area contributed by atoms with E-state index in [9.17, 15) is 9.90 Å². The fourth-order valence-electron chi connectivity index (χ4n) is 4.30. The van der Waals surface area contributed by atoms with Crippen molar-refractivity contribution in [1.29, 1.82) is 0 Å². The van der Waals surface area contributed by atoms with E-state index in [-0.39, 0.29) is 23.1 Å². The number of H-pyrrole nitrogens is 1. The molecule has 0 spiro atoms. The zero-order valence-corrected chi connectivity index (χ0v) is 19.2. The summed E-state index contributed by atoms with van der Waals surface area (Å²) in [5, 5.41) is 17.8. The SMILES string of the molecule is CCOCCCN1C(=O)c2[nH]nc(-c3ccccc3O)c2C1c1ccc(C(C)(C)C)cc1. The summed E-state index contributed by atoms with van der Waals surface area (Å²) < 4.78 is 5.50. The average molecular weight is 434 g/mol. The van der Waals surface area contributed by atoms with E-state index >= 15 is 0 Å². The molecule has 2 N–H and O–H groups in total. The lowest BCUT2D eigenvalue weighted by molar-refractivity contribution is 0.0710. The van der Waals surface area contributed by atoms with Crippen molar-refractivity contribution < 1.29 is 14.6 Å². The lowest BCUT2D eigenvalue weighted by Gasteiger charge is -2.27. The lowest BCUT2D eigenvalue weighted by Crippen LogP contribution is -2.31.